The average Bonchev–Trinajstić information content (AvgIpc) is 3.49. The number of ether oxygens (including phenoxy) is 1. The van der Waals surface area contributed by atoms with Crippen molar-refractivity contribution in [3.63, 3.8) is 0 Å². The third-order valence-electron chi connectivity index (χ3n) is 13.3. The zero-order valence-electron chi connectivity index (χ0n) is 41.6. The predicted octanol–water partition coefficient (Wildman–Crippen LogP) is 17.1. The summed E-state index contributed by atoms with van der Waals surface area (Å²) in [6.45, 7) is 4.18. The molecular formula is C69H46IrN5O. The fourth-order valence-corrected chi connectivity index (χ4v) is 9.54. The van der Waals surface area contributed by atoms with Gasteiger partial charge in [0.15, 0.2) is 0 Å². The monoisotopic (exact) mass is 1150 g/mol. The number of pyridine rings is 3. The second kappa shape index (κ2) is 22.1. The molecule has 8 aromatic carbocycles. The predicted molar refractivity (Wildman–Crippen MR) is 302 cm³/mol. The molecule has 0 amide bonds. The molecule has 0 aliphatic carbocycles. The van der Waals surface area contributed by atoms with Crippen LogP contribution in [-0.2, 0) is 20.1 Å². The van der Waals surface area contributed by atoms with Crippen LogP contribution in [0.2, 0.25) is 0 Å². The Morgan fingerprint density at radius 2 is 0.776 bits per heavy atom. The maximum absolute atomic E-state index is 6.26. The summed E-state index contributed by atoms with van der Waals surface area (Å²) in [4.78, 5) is 24.5. The average molecular weight is 1150 g/mol. The second-order valence-electron chi connectivity index (χ2n) is 18.4. The summed E-state index contributed by atoms with van der Waals surface area (Å²) in [5.41, 5.74) is 21.1. The van der Waals surface area contributed by atoms with Gasteiger partial charge in [-0.2, -0.15) is 0 Å². The molecule has 0 atom stereocenters. The fraction of sp³-hybridized carbons (Fsp3) is 0.0290. The van der Waals surface area contributed by atoms with Crippen LogP contribution in [0.15, 0.2) is 243 Å². The molecule has 4 aromatic heterocycles. The maximum atomic E-state index is 6.26. The van der Waals surface area contributed by atoms with Crippen molar-refractivity contribution in [2.24, 2.45) is 0 Å². The summed E-state index contributed by atoms with van der Waals surface area (Å²) in [5.74, 6) is 1.64. The van der Waals surface area contributed by atoms with E-state index in [1.165, 1.54) is 11.1 Å². The first-order valence-corrected chi connectivity index (χ1v) is 24.8. The van der Waals surface area contributed by atoms with E-state index in [4.69, 9.17) is 29.7 Å². The van der Waals surface area contributed by atoms with E-state index < -0.39 is 0 Å². The van der Waals surface area contributed by atoms with E-state index >= 15 is 0 Å². The van der Waals surface area contributed by atoms with Gasteiger partial charge in [0.2, 0.25) is 5.88 Å². The van der Waals surface area contributed by atoms with Gasteiger partial charge in [0.25, 0.3) is 0 Å². The quantitative estimate of drug-likeness (QED) is 0.114. The number of hydrogen-bond acceptors (Lipinski definition) is 6. The van der Waals surface area contributed by atoms with Crippen molar-refractivity contribution in [1.29, 1.82) is 0 Å². The Bertz CT molecular complexity index is 3840. The van der Waals surface area contributed by atoms with Crippen molar-refractivity contribution < 1.29 is 24.8 Å². The molecule has 6 nitrogen and oxygen atoms in total. The van der Waals surface area contributed by atoms with E-state index in [1.54, 1.807) is 0 Å². The number of aromatic nitrogens is 5. The Hall–Kier alpha value is -9.26. The fourth-order valence-electron chi connectivity index (χ4n) is 9.54. The molecule has 0 bridgehead atoms. The molecule has 0 unspecified atom stereocenters. The molecule has 4 heterocycles. The van der Waals surface area contributed by atoms with Crippen molar-refractivity contribution in [3.05, 3.63) is 273 Å². The Labute approximate surface area is 456 Å². The molecule has 12 aromatic rings. The van der Waals surface area contributed by atoms with Gasteiger partial charge in [0.05, 0.1) is 11.5 Å². The van der Waals surface area contributed by atoms with Crippen LogP contribution in [0.4, 0.5) is 0 Å². The number of rotatable bonds is 12. The van der Waals surface area contributed by atoms with E-state index in [2.05, 4.69) is 172 Å². The van der Waals surface area contributed by atoms with Gasteiger partial charge in [-0.05, 0) is 96.9 Å². The molecule has 0 saturated carbocycles. The van der Waals surface area contributed by atoms with E-state index in [0.29, 0.717) is 23.0 Å². The van der Waals surface area contributed by atoms with Crippen LogP contribution in [-0.4, -0.2) is 24.9 Å². The normalized spacial score (nSPS) is 10.9. The van der Waals surface area contributed by atoms with Crippen molar-refractivity contribution in [2.75, 3.05) is 0 Å². The first-order valence-electron chi connectivity index (χ1n) is 24.8. The van der Waals surface area contributed by atoms with Crippen LogP contribution in [0, 0.1) is 32.0 Å². The summed E-state index contributed by atoms with van der Waals surface area (Å²) in [7, 11) is 0. The first kappa shape index (κ1) is 49.0. The molecule has 0 N–H and O–H groups in total. The molecule has 0 radical (unpaired) electrons. The van der Waals surface area contributed by atoms with Crippen molar-refractivity contribution in [3.8, 4) is 124 Å². The van der Waals surface area contributed by atoms with E-state index in [-0.39, 0.29) is 20.1 Å². The summed E-state index contributed by atoms with van der Waals surface area (Å²) in [5, 5.41) is 0. The third kappa shape index (κ3) is 10.6. The number of benzene rings is 8. The van der Waals surface area contributed by atoms with Gasteiger partial charge in [-0.15, -0.1) is 94.5 Å². The van der Waals surface area contributed by atoms with E-state index in [9.17, 15) is 0 Å². The van der Waals surface area contributed by atoms with Crippen LogP contribution in [0.3, 0.4) is 0 Å². The van der Waals surface area contributed by atoms with E-state index in [1.807, 2.05) is 104 Å². The van der Waals surface area contributed by atoms with E-state index in [0.717, 1.165) is 101 Å². The van der Waals surface area contributed by atoms with Gasteiger partial charge < -0.3 is 14.7 Å². The van der Waals surface area contributed by atoms with Crippen LogP contribution >= 0.6 is 0 Å². The van der Waals surface area contributed by atoms with Gasteiger partial charge in [0.1, 0.15) is 0 Å². The molecule has 12 rings (SSSR count). The molecular weight excluding hydrogens is 1110 g/mol. The standard InChI is InChI=1S/C69H46N5O.Ir/c1-46-16-12-20-49(36-46)65-34-32-52(42-70-65)59-24-6-8-26-61(59)54-38-55(62-27-9-7-25-60(62)53-33-35-66(71-43-53)50-21-13-17-47(2)37-50)40-56(39-54)63-28-10-11-29-64(63)57-44-72-69(73-45-57)51-22-14-23-58(41-51)75-68-31-15-30-67(74-68)48-18-4-3-5-19-48;/h3-19,23-45H,1-2H3;/q-3;+3. The largest absolute Gasteiger partial charge is 3.00 e. The Morgan fingerprint density at radius 3 is 1.26 bits per heavy atom. The number of nitrogens with zero attached hydrogens (tertiary/aromatic N) is 5. The Kier molecular flexibility index (Phi) is 14.2. The third-order valence-corrected chi connectivity index (χ3v) is 13.3. The minimum Gasteiger partial charge on any atom is -0.459 e. The minimum absolute atomic E-state index is 0. The molecule has 0 spiro atoms. The number of hydrogen-bond donors (Lipinski definition) is 0. The zero-order valence-corrected chi connectivity index (χ0v) is 44.0. The van der Waals surface area contributed by atoms with Crippen LogP contribution in [0.5, 0.6) is 11.6 Å². The van der Waals surface area contributed by atoms with Crippen LogP contribution in [0.25, 0.3) is 112 Å². The Morgan fingerprint density at radius 1 is 0.329 bits per heavy atom. The van der Waals surface area contributed by atoms with Crippen molar-refractivity contribution in [2.45, 2.75) is 13.8 Å². The summed E-state index contributed by atoms with van der Waals surface area (Å²) >= 11 is 0. The van der Waals surface area contributed by atoms with Gasteiger partial charge in [-0.25, -0.2) is 4.98 Å². The number of aryl methyl sites for hydroxylation is 2. The maximum Gasteiger partial charge on any atom is 3.00 e. The summed E-state index contributed by atoms with van der Waals surface area (Å²) < 4.78 is 6.26. The summed E-state index contributed by atoms with van der Waals surface area (Å²) in [6.07, 6.45) is 7.72. The second-order valence-corrected chi connectivity index (χ2v) is 18.4. The summed E-state index contributed by atoms with van der Waals surface area (Å²) in [6, 6.07) is 84.7. The van der Waals surface area contributed by atoms with Crippen LogP contribution in [0.1, 0.15) is 11.1 Å². The molecule has 76 heavy (non-hydrogen) atoms. The molecule has 0 aliphatic rings. The molecule has 0 aliphatic heterocycles. The van der Waals surface area contributed by atoms with Crippen molar-refractivity contribution in [1.82, 2.24) is 24.9 Å². The van der Waals surface area contributed by atoms with Crippen molar-refractivity contribution >= 4 is 0 Å². The van der Waals surface area contributed by atoms with Gasteiger partial charge in [-0.3, -0.25) is 9.97 Å². The molecule has 362 valence electrons. The topological polar surface area (TPSA) is 73.7 Å². The molecule has 0 saturated heterocycles. The minimum atomic E-state index is 0. The SMILES string of the molecule is Cc1cc[c-]c(-c2ccc(-c3ccccc3-c3cc(-c4ccccc4-c4ccc(-c5[c-]ccc(C)c5)nc4)cc(-c4ccccc4-c4cnc(-c5[c-]ccc(Oc6cccc(-c7ccccc7)n6)c5)nc4)c3)cn2)c1.[Ir+3]. The molecule has 7 heteroatoms. The van der Waals surface area contributed by atoms with Crippen LogP contribution < -0.4 is 4.74 Å². The van der Waals surface area contributed by atoms with Gasteiger partial charge in [-0.1, -0.05) is 153 Å². The zero-order chi connectivity index (χ0) is 50.5. The van der Waals surface area contributed by atoms with Gasteiger partial charge in [0, 0.05) is 47.7 Å². The first-order chi connectivity index (χ1) is 37.0. The molecule has 0 fully saturated rings. The van der Waals surface area contributed by atoms with Gasteiger partial charge >= 0.3 is 20.1 Å². The smallest absolute Gasteiger partial charge is 0.459 e. The Balaban J connectivity index is 0.00000616.